The van der Waals surface area contributed by atoms with Crippen molar-refractivity contribution >= 4 is 17.5 Å². The normalized spacial score (nSPS) is 14.2. The number of hydrogen-bond acceptors (Lipinski definition) is 6. The molecule has 0 spiro atoms. The lowest BCUT2D eigenvalue weighted by atomic mass is 10.2. The van der Waals surface area contributed by atoms with Gasteiger partial charge in [-0.2, -0.15) is 0 Å². The van der Waals surface area contributed by atoms with E-state index in [0.717, 1.165) is 43.2 Å². The summed E-state index contributed by atoms with van der Waals surface area (Å²) in [4.78, 5) is 25.8. The quantitative estimate of drug-likeness (QED) is 0.844. The van der Waals surface area contributed by atoms with Crippen LogP contribution in [-0.2, 0) is 0 Å². The first-order valence-electron chi connectivity index (χ1n) is 9.39. The minimum Gasteiger partial charge on any atom is -0.495 e. The molecule has 0 saturated carbocycles. The van der Waals surface area contributed by atoms with Crippen LogP contribution < -0.4 is 15.0 Å². The van der Waals surface area contributed by atoms with Crippen LogP contribution in [0.5, 0.6) is 5.75 Å². The molecular weight excluding hydrogens is 342 g/mol. The number of amides is 1. The summed E-state index contributed by atoms with van der Waals surface area (Å²) >= 11 is 0. The van der Waals surface area contributed by atoms with E-state index in [1.54, 1.807) is 13.2 Å². The first-order chi connectivity index (χ1) is 13.1. The molecule has 2 heterocycles. The molecule has 0 unspecified atom stereocenters. The Morgan fingerprint density at radius 3 is 2.63 bits per heavy atom. The van der Waals surface area contributed by atoms with Crippen molar-refractivity contribution in [3.63, 3.8) is 0 Å². The van der Waals surface area contributed by atoms with Crippen molar-refractivity contribution in [3.05, 3.63) is 41.7 Å². The van der Waals surface area contributed by atoms with E-state index in [9.17, 15) is 4.79 Å². The fraction of sp³-hybridized carbons (Fsp3) is 0.450. The van der Waals surface area contributed by atoms with Crippen molar-refractivity contribution in [2.75, 3.05) is 50.1 Å². The minimum absolute atomic E-state index is 0.0419. The molecule has 0 bridgehead atoms. The Morgan fingerprint density at radius 2 is 1.93 bits per heavy atom. The van der Waals surface area contributed by atoms with Crippen LogP contribution in [0, 0.1) is 6.92 Å². The van der Waals surface area contributed by atoms with Crippen LogP contribution in [0.15, 0.2) is 30.3 Å². The summed E-state index contributed by atoms with van der Waals surface area (Å²) in [5, 5.41) is 3.16. The predicted octanol–water partition coefficient (Wildman–Crippen LogP) is 2.58. The largest absolute Gasteiger partial charge is 0.495 e. The third kappa shape index (κ3) is 4.48. The van der Waals surface area contributed by atoms with Crippen LogP contribution in [0.2, 0.25) is 0 Å². The Labute approximate surface area is 160 Å². The number of anilines is 2. The molecule has 144 valence electrons. The van der Waals surface area contributed by atoms with E-state index in [4.69, 9.17) is 4.74 Å². The number of para-hydroxylation sites is 2. The average molecular weight is 369 g/mol. The number of benzene rings is 1. The van der Waals surface area contributed by atoms with Crippen LogP contribution in [0.4, 0.5) is 11.6 Å². The van der Waals surface area contributed by atoms with Gasteiger partial charge in [-0.25, -0.2) is 9.97 Å². The van der Waals surface area contributed by atoms with Gasteiger partial charge in [0.15, 0.2) is 0 Å². The second-order valence-corrected chi connectivity index (χ2v) is 6.60. The lowest BCUT2D eigenvalue weighted by molar-refractivity contribution is 0.0740. The van der Waals surface area contributed by atoms with Gasteiger partial charge in [-0.3, -0.25) is 4.79 Å². The highest BCUT2D eigenvalue weighted by molar-refractivity contribution is 5.92. The van der Waals surface area contributed by atoms with E-state index in [0.29, 0.717) is 24.7 Å². The number of aryl methyl sites for hydroxylation is 1. The summed E-state index contributed by atoms with van der Waals surface area (Å²) < 4.78 is 5.45. The fourth-order valence-electron chi connectivity index (χ4n) is 3.20. The van der Waals surface area contributed by atoms with Gasteiger partial charge in [0.25, 0.3) is 5.91 Å². The number of nitrogens with one attached hydrogen (secondary N) is 1. The number of rotatable bonds is 6. The molecular formula is C20H27N5O2. The molecule has 1 N–H and O–H groups in total. The smallest absolute Gasteiger partial charge is 0.272 e. The lowest BCUT2D eigenvalue weighted by Crippen LogP contribution is -2.49. The minimum atomic E-state index is -0.0419. The molecule has 1 aliphatic heterocycles. The number of carbonyl (C=O) groups is 1. The molecule has 3 rings (SSSR count). The highest BCUT2D eigenvalue weighted by atomic mass is 16.5. The van der Waals surface area contributed by atoms with Crippen LogP contribution in [-0.4, -0.2) is 60.6 Å². The van der Waals surface area contributed by atoms with Crippen molar-refractivity contribution in [3.8, 4) is 5.75 Å². The van der Waals surface area contributed by atoms with E-state index < -0.39 is 0 Å². The SMILES string of the molecule is CCCNc1nc(C)cc(C(=O)N2CCN(c3ccccc3OC)CC2)n1. The molecule has 2 aromatic rings. The summed E-state index contributed by atoms with van der Waals surface area (Å²) in [7, 11) is 1.68. The third-order valence-corrected chi connectivity index (χ3v) is 4.60. The van der Waals surface area contributed by atoms with Crippen molar-refractivity contribution in [2.45, 2.75) is 20.3 Å². The van der Waals surface area contributed by atoms with E-state index in [1.807, 2.05) is 30.0 Å². The maximum absolute atomic E-state index is 12.9. The van der Waals surface area contributed by atoms with Gasteiger partial charge < -0.3 is 19.9 Å². The fourth-order valence-corrected chi connectivity index (χ4v) is 3.20. The third-order valence-electron chi connectivity index (χ3n) is 4.60. The molecule has 1 aromatic heterocycles. The summed E-state index contributed by atoms with van der Waals surface area (Å²) in [6.45, 7) is 7.57. The van der Waals surface area contributed by atoms with Crippen molar-refractivity contribution in [1.82, 2.24) is 14.9 Å². The highest BCUT2D eigenvalue weighted by Gasteiger charge is 2.25. The van der Waals surface area contributed by atoms with Gasteiger partial charge in [-0.15, -0.1) is 0 Å². The Bertz CT molecular complexity index is 788. The van der Waals surface area contributed by atoms with Gasteiger partial charge in [0.1, 0.15) is 11.4 Å². The molecule has 0 atom stereocenters. The highest BCUT2D eigenvalue weighted by Crippen LogP contribution is 2.28. The molecule has 1 amide bonds. The van der Waals surface area contributed by atoms with Crippen LogP contribution in [0.3, 0.4) is 0 Å². The Hall–Kier alpha value is -2.83. The lowest BCUT2D eigenvalue weighted by Gasteiger charge is -2.36. The number of nitrogens with zero attached hydrogens (tertiary/aromatic N) is 4. The van der Waals surface area contributed by atoms with Gasteiger partial charge in [-0.05, 0) is 31.5 Å². The predicted molar refractivity (Wildman–Crippen MR) is 107 cm³/mol. The summed E-state index contributed by atoms with van der Waals surface area (Å²) in [5.74, 6) is 1.34. The first kappa shape index (κ1) is 18.9. The van der Waals surface area contributed by atoms with E-state index >= 15 is 0 Å². The monoisotopic (exact) mass is 369 g/mol. The van der Waals surface area contributed by atoms with Crippen molar-refractivity contribution < 1.29 is 9.53 Å². The number of aromatic nitrogens is 2. The van der Waals surface area contributed by atoms with Gasteiger partial charge in [0.05, 0.1) is 12.8 Å². The molecule has 1 aliphatic rings. The zero-order valence-electron chi connectivity index (χ0n) is 16.2. The molecule has 7 heteroatoms. The second kappa shape index (κ2) is 8.70. The van der Waals surface area contributed by atoms with Crippen LogP contribution >= 0.6 is 0 Å². The molecule has 7 nitrogen and oxygen atoms in total. The maximum Gasteiger partial charge on any atom is 0.272 e. The van der Waals surface area contributed by atoms with E-state index in [-0.39, 0.29) is 5.91 Å². The number of hydrogen-bond donors (Lipinski definition) is 1. The molecule has 1 fully saturated rings. The average Bonchev–Trinajstić information content (AvgIpc) is 2.71. The van der Waals surface area contributed by atoms with Crippen molar-refractivity contribution in [1.29, 1.82) is 0 Å². The molecule has 1 aromatic carbocycles. The van der Waals surface area contributed by atoms with Gasteiger partial charge >= 0.3 is 0 Å². The van der Waals surface area contributed by atoms with Gasteiger partial charge in [0, 0.05) is 38.4 Å². The van der Waals surface area contributed by atoms with Gasteiger partial charge in [-0.1, -0.05) is 19.1 Å². The molecule has 27 heavy (non-hydrogen) atoms. The molecule has 1 saturated heterocycles. The molecule has 0 radical (unpaired) electrons. The summed E-state index contributed by atoms with van der Waals surface area (Å²) in [6, 6.07) is 9.73. The Balaban J connectivity index is 1.67. The Kier molecular flexibility index (Phi) is 6.11. The number of ether oxygens (including phenoxy) is 1. The van der Waals surface area contributed by atoms with E-state index in [1.165, 1.54) is 0 Å². The number of methoxy groups -OCH3 is 1. The Morgan fingerprint density at radius 1 is 1.19 bits per heavy atom. The zero-order valence-corrected chi connectivity index (χ0v) is 16.2. The topological polar surface area (TPSA) is 70.6 Å². The van der Waals surface area contributed by atoms with Crippen LogP contribution in [0.25, 0.3) is 0 Å². The second-order valence-electron chi connectivity index (χ2n) is 6.60. The summed E-state index contributed by atoms with van der Waals surface area (Å²) in [5.41, 5.74) is 2.31. The maximum atomic E-state index is 12.9. The van der Waals surface area contributed by atoms with E-state index in [2.05, 4.69) is 33.2 Å². The van der Waals surface area contributed by atoms with Crippen molar-refractivity contribution in [2.24, 2.45) is 0 Å². The molecule has 0 aliphatic carbocycles. The van der Waals surface area contributed by atoms with Gasteiger partial charge in [0.2, 0.25) is 5.95 Å². The standard InChI is InChI=1S/C20H27N5O2/c1-4-9-21-20-22-15(2)14-16(23-20)19(26)25-12-10-24(11-13-25)17-7-5-6-8-18(17)27-3/h5-8,14H,4,9-13H2,1-3H3,(H,21,22,23). The first-order valence-corrected chi connectivity index (χ1v) is 9.39. The zero-order chi connectivity index (χ0) is 19.2. The van der Waals surface area contributed by atoms with Crippen LogP contribution in [0.1, 0.15) is 29.5 Å². The summed E-state index contributed by atoms with van der Waals surface area (Å²) in [6.07, 6.45) is 0.978. The number of carbonyl (C=O) groups excluding carboxylic acids is 1. The number of piperazine rings is 1.